The van der Waals surface area contributed by atoms with Crippen LogP contribution in [-0.4, -0.2) is 0 Å². The number of rotatable bonds is 2. The van der Waals surface area contributed by atoms with Crippen LogP contribution in [0.1, 0.15) is 16.0 Å². The van der Waals surface area contributed by atoms with Crippen molar-refractivity contribution in [1.82, 2.24) is 0 Å². The highest BCUT2D eigenvalue weighted by molar-refractivity contribution is 9.10. The van der Waals surface area contributed by atoms with Crippen molar-refractivity contribution in [3.8, 4) is 0 Å². The molecule has 0 saturated carbocycles. The van der Waals surface area contributed by atoms with E-state index in [0.29, 0.717) is 21.1 Å². The lowest BCUT2D eigenvalue weighted by atomic mass is 10.0. The molecule has 0 aliphatic carbocycles. The van der Waals surface area contributed by atoms with Gasteiger partial charge in [0, 0.05) is 16.1 Å². The molecule has 0 aromatic heterocycles. The van der Waals surface area contributed by atoms with E-state index >= 15 is 0 Å². The van der Waals surface area contributed by atoms with Crippen LogP contribution in [0.3, 0.4) is 0 Å². The molecule has 2 aromatic carbocycles. The van der Waals surface area contributed by atoms with Gasteiger partial charge in [-0.3, -0.25) is 0 Å². The topological polar surface area (TPSA) is 0 Å². The van der Waals surface area contributed by atoms with Gasteiger partial charge >= 0.3 is 0 Å². The van der Waals surface area contributed by atoms with Crippen molar-refractivity contribution in [2.75, 3.05) is 0 Å². The third-order valence-electron chi connectivity index (χ3n) is 2.57. The van der Waals surface area contributed by atoms with Crippen molar-refractivity contribution in [2.24, 2.45) is 0 Å². The number of alkyl halides is 1. The average molecular weight is 414 g/mol. The molecule has 100 valence electrons. The summed E-state index contributed by atoms with van der Waals surface area (Å²) in [5.41, 5.74) is 0.542. The van der Waals surface area contributed by atoms with E-state index in [9.17, 15) is 13.2 Å². The van der Waals surface area contributed by atoms with E-state index in [-0.39, 0.29) is 5.56 Å². The van der Waals surface area contributed by atoms with Crippen LogP contribution in [0.5, 0.6) is 0 Å². The molecule has 0 N–H and O–H groups in total. The molecule has 2 aromatic rings. The second-order valence-electron chi connectivity index (χ2n) is 3.79. The summed E-state index contributed by atoms with van der Waals surface area (Å²) in [7, 11) is 0. The Kier molecular flexibility index (Phi) is 4.58. The number of benzene rings is 2. The van der Waals surface area contributed by atoms with Gasteiger partial charge in [0.2, 0.25) is 0 Å². The van der Waals surface area contributed by atoms with Crippen molar-refractivity contribution in [3.63, 3.8) is 0 Å². The molecule has 0 bridgehead atoms. The predicted octanol–water partition coefficient (Wildman–Crippen LogP) is 6.00. The summed E-state index contributed by atoms with van der Waals surface area (Å²) < 4.78 is 40.5. The monoisotopic (exact) mass is 412 g/mol. The summed E-state index contributed by atoms with van der Waals surface area (Å²) in [6.45, 7) is 0. The van der Waals surface area contributed by atoms with Crippen LogP contribution in [0.2, 0.25) is 5.02 Å². The Morgan fingerprint density at radius 2 is 1.58 bits per heavy atom. The molecular formula is C13H6Br2ClF3. The average Bonchev–Trinajstić information content (AvgIpc) is 2.36. The van der Waals surface area contributed by atoms with E-state index in [4.69, 9.17) is 11.6 Å². The Labute approximate surface area is 129 Å². The van der Waals surface area contributed by atoms with E-state index in [1.807, 2.05) is 0 Å². The fraction of sp³-hybridized carbons (Fsp3) is 0.0769. The van der Waals surface area contributed by atoms with E-state index in [0.717, 1.165) is 6.07 Å². The summed E-state index contributed by atoms with van der Waals surface area (Å²) >= 11 is 12.6. The Bertz CT molecular complexity index is 632. The normalized spacial score (nSPS) is 12.5. The zero-order valence-electron chi connectivity index (χ0n) is 9.23. The minimum atomic E-state index is -1.22. The van der Waals surface area contributed by atoms with Gasteiger partial charge in [-0.25, -0.2) is 13.2 Å². The molecule has 0 fully saturated rings. The molecule has 0 aliphatic heterocycles. The van der Waals surface area contributed by atoms with Crippen molar-refractivity contribution in [2.45, 2.75) is 4.83 Å². The Morgan fingerprint density at radius 1 is 0.947 bits per heavy atom. The first-order valence-corrected chi connectivity index (χ1v) is 7.23. The van der Waals surface area contributed by atoms with Gasteiger partial charge < -0.3 is 0 Å². The quantitative estimate of drug-likeness (QED) is 0.417. The fourth-order valence-corrected chi connectivity index (χ4v) is 3.10. The van der Waals surface area contributed by atoms with Gasteiger partial charge in [0.1, 0.15) is 5.82 Å². The second-order valence-corrected chi connectivity index (χ2v) is 5.94. The van der Waals surface area contributed by atoms with Crippen LogP contribution >= 0.6 is 43.5 Å². The van der Waals surface area contributed by atoms with Gasteiger partial charge in [0.25, 0.3) is 0 Å². The predicted molar refractivity (Wildman–Crippen MR) is 76.2 cm³/mol. The molecule has 0 aliphatic rings. The van der Waals surface area contributed by atoms with Gasteiger partial charge in [0.05, 0.1) is 9.85 Å². The Morgan fingerprint density at radius 3 is 2.26 bits per heavy atom. The molecule has 1 atom stereocenters. The van der Waals surface area contributed by atoms with E-state index < -0.39 is 22.3 Å². The van der Waals surface area contributed by atoms with Crippen molar-refractivity contribution in [3.05, 3.63) is 68.4 Å². The molecule has 0 saturated heterocycles. The standard InChI is InChI=1S/C13H6Br2ClF3/c14-8-3-1-2-6(13(8)16)12(15)7-4-10(18)11(19)5-9(7)17/h1-5,12H. The van der Waals surface area contributed by atoms with Gasteiger partial charge in [-0.05, 0) is 33.6 Å². The van der Waals surface area contributed by atoms with Crippen LogP contribution in [0.4, 0.5) is 13.2 Å². The van der Waals surface area contributed by atoms with E-state index in [1.165, 1.54) is 0 Å². The zero-order valence-corrected chi connectivity index (χ0v) is 13.2. The molecule has 1 unspecified atom stereocenters. The first kappa shape index (κ1) is 14.9. The van der Waals surface area contributed by atoms with Crippen LogP contribution in [0.15, 0.2) is 34.8 Å². The third kappa shape index (κ3) is 2.98. The molecule has 0 nitrogen and oxygen atoms in total. The second kappa shape index (κ2) is 5.85. The molecule has 0 amide bonds. The number of halogens is 6. The molecule has 6 heteroatoms. The van der Waals surface area contributed by atoms with E-state index in [2.05, 4.69) is 31.9 Å². The first-order valence-electron chi connectivity index (χ1n) is 5.14. The first-order chi connectivity index (χ1) is 8.91. The Hall–Kier alpha value is -0.520. The number of hydrogen-bond acceptors (Lipinski definition) is 0. The Balaban J connectivity index is 2.53. The minimum Gasteiger partial charge on any atom is -0.207 e. The minimum absolute atomic E-state index is 0.0149. The lowest BCUT2D eigenvalue weighted by Gasteiger charge is -2.14. The lowest BCUT2D eigenvalue weighted by molar-refractivity contribution is 0.491. The molecular weight excluding hydrogens is 408 g/mol. The maximum absolute atomic E-state index is 13.7. The maximum atomic E-state index is 13.7. The van der Waals surface area contributed by atoms with Crippen molar-refractivity contribution in [1.29, 1.82) is 0 Å². The largest absolute Gasteiger partial charge is 0.207 e. The summed E-state index contributed by atoms with van der Waals surface area (Å²) in [5.74, 6) is -3.16. The molecule has 0 radical (unpaired) electrons. The lowest BCUT2D eigenvalue weighted by Crippen LogP contribution is -2.00. The van der Waals surface area contributed by atoms with Gasteiger partial charge in [-0.1, -0.05) is 39.7 Å². The van der Waals surface area contributed by atoms with Crippen LogP contribution in [0, 0.1) is 17.5 Å². The number of hydrogen-bond donors (Lipinski definition) is 0. The van der Waals surface area contributed by atoms with Gasteiger partial charge in [-0.2, -0.15) is 0 Å². The summed E-state index contributed by atoms with van der Waals surface area (Å²) in [5, 5.41) is 0.383. The van der Waals surface area contributed by atoms with Gasteiger partial charge in [0.15, 0.2) is 11.6 Å². The summed E-state index contributed by atoms with van der Waals surface area (Å²) in [4.78, 5) is -0.674. The van der Waals surface area contributed by atoms with Crippen molar-refractivity contribution < 1.29 is 13.2 Å². The fourth-order valence-electron chi connectivity index (χ4n) is 1.62. The van der Waals surface area contributed by atoms with Crippen LogP contribution in [0.25, 0.3) is 0 Å². The zero-order chi connectivity index (χ0) is 14.2. The van der Waals surface area contributed by atoms with Crippen LogP contribution < -0.4 is 0 Å². The highest BCUT2D eigenvalue weighted by Gasteiger charge is 2.21. The van der Waals surface area contributed by atoms with E-state index in [1.54, 1.807) is 18.2 Å². The smallest absolute Gasteiger partial charge is 0.161 e. The molecule has 19 heavy (non-hydrogen) atoms. The van der Waals surface area contributed by atoms with Crippen molar-refractivity contribution >= 4 is 43.5 Å². The molecule has 0 heterocycles. The van der Waals surface area contributed by atoms with Crippen LogP contribution in [-0.2, 0) is 0 Å². The third-order valence-corrected chi connectivity index (χ3v) is 4.86. The maximum Gasteiger partial charge on any atom is 0.161 e. The highest BCUT2D eigenvalue weighted by atomic mass is 79.9. The summed E-state index contributed by atoms with van der Waals surface area (Å²) in [6.07, 6.45) is 0. The summed E-state index contributed by atoms with van der Waals surface area (Å²) in [6, 6.07) is 6.46. The van der Waals surface area contributed by atoms with Gasteiger partial charge in [-0.15, -0.1) is 0 Å². The molecule has 0 spiro atoms. The highest BCUT2D eigenvalue weighted by Crippen LogP contribution is 2.39. The molecule has 2 rings (SSSR count). The SMILES string of the molecule is Fc1cc(F)c(C(Br)c2cccc(Br)c2Cl)cc1F.